The highest BCUT2D eigenvalue weighted by Crippen LogP contribution is 2.07. The van der Waals surface area contributed by atoms with Gasteiger partial charge >= 0.3 is 6.09 Å². The van der Waals surface area contributed by atoms with Gasteiger partial charge in [-0.1, -0.05) is 6.92 Å². The van der Waals surface area contributed by atoms with Crippen LogP contribution in [0, 0.1) is 5.92 Å². The number of cyclic esters (lactones) is 1. The van der Waals surface area contributed by atoms with Gasteiger partial charge in [0, 0.05) is 6.54 Å². The van der Waals surface area contributed by atoms with Crippen LogP contribution in [0.2, 0.25) is 0 Å². The first-order valence-corrected chi connectivity index (χ1v) is 4.40. The largest absolute Gasteiger partial charge is 0.448 e. The van der Waals surface area contributed by atoms with Crippen LogP contribution < -0.4 is 0 Å². The number of ether oxygens (including phenoxy) is 1. The summed E-state index contributed by atoms with van der Waals surface area (Å²) in [6.45, 7) is 4.11. The van der Waals surface area contributed by atoms with E-state index < -0.39 is 0 Å². The highest BCUT2D eigenvalue weighted by atomic mass is 32.1. The number of thiol groups is 1. The zero-order valence-electron chi connectivity index (χ0n) is 6.62. The normalized spacial score (nSPS) is 20.2. The summed E-state index contributed by atoms with van der Waals surface area (Å²) in [7, 11) is 0. The summed E-state index contributed by atoms with van der Waals surface area (Å²) >= 11 is 4.14. The van der Waals surface area contributed by atoms with Crippen LogP contribution in [0.25, 0.3) is 0 Å². The summed E-state index contributed by atoms with van der Waals surface area (Å²) < 4.78 is 4.77. The average Bonchev–Trinajstić information content (AvgIpc) is 2.37. The summed E-state index contributed by atoms with van der Waals surface area (Å²) in [4.78, 5) is 12.6. The fourth-order valence-corrected chi connectivity index (χ4v) is 1.14. The Kier molecular flexibility index (Phi) is 3.05. The number of carbonyl (C=O) groups excluding carboxylic acids is 1. The fourth-order valence-electron chi connectivity index (χ4n) is 1.03. The molecule has 1 saturated heterocycles. The smallest absolute Gasteiger partial charge is 0.409 e. The van der Waals surface area contributed by atoms with E-state index in [4.69, 9.17) is 4.74 Å². The highest BCUT2D eigenvalue weighted by Gasteiger charge is 2.22. The number of carbonyl (C=O) groups is 1. The van der Waals surface area contributed by atoms with Gasteiger partial charge in [0.15, 0.2) is 0 Å². The van der Waals surface area contributed by atoms with Crippen LogP contribution in [0.1, 0.15) is 6.92 Å². The van der Waals surface area contributed by atoms with Crippen LogP contribution in [0.4, 0.5) is 4.79 Å². The predicted molar refractivity (Wildman–Crippen MR) is 45.9 cm³/mol. The maximum atomic E-state index is 10.9. The van der Waals surface area contributed by atoms with Gasteiger partial charge < -0.3 is 9.64 Å². The lowest BCUT2D eigenvalue weighted by Crippen LogP contribution is -2.29. The first-order chi connectivity index (χ1) is 5.24. The Labute approximate surface area is 72.1 Å². The van der Waals surface area contributed by atoms with E-state index in [-0.39, 0.29) is 6.09 Å². The summed E-state index contributed by atoms with van der Waals surface area (Å²) in [5.41, 5.74) is 0. The van der Waals surface area contributed by atoms with E-state index in [9.17, 15) is 4.79 Å². The van der Waals surface area contributed by atoms with Gasteiger partial charge in [-0.15, -0.1) is 0 Å². The van der Waals surface area contributed by atoms with Crippen molar-refractivity contribution in [2.24, 2.45) is 5.92 Å². The zero-order chi connectivity index (χ0) is 8.27. The van der Waals surface area contributed by atoms with Crippen molar-refractivity contribution in [3.8, 4) is 0 Å². The Bertz CT molecular complexity index is 151. The van der Waals surface area contributed by atoms with E-state index in [1.165, 1.54) is 0 Å². The van der Waals surface area contributed by atoms with Crippen molar-refractivity contribution in [2.45, 2.75) is 6.92 Å². The standard InChI is InChI=1S/C7H13NO2S/c1-6(5-11)4-8-2-3-10-7(8)9/h6,11H,2-5H2,1H3. The van der Waals surface area contributed by atoms with E-state index in [1.807, 2.05) is 0 Å². The molecule has 1 aliphatic rings. The molecular formula is C7H13NO2S. The average molecular weight is 175 g/mol. The van der Waals surface area contributed by atoms with Gasteiger partial charge in [0.1, 0.15) is 6.61 Å². The predicted octanol–water partition coefficient (Wildman–Crippen LogP) is 1.00. The maximum Gasteiger partial charge on any atom is 0.409 e. The molecule has 0 N–H and O–H groups in total. The van der Waals surface area contributed by atoms with E-state index in [2.05, 4.69) is 19.6 Å². The molecule has 0 bridgehead atoms. The Morgan fingerprint density at radius 1 is 1.82 bits per heavy atom. The molecule has 1 fully saturated rings. The SMILES string of the molecule is CC(CS)CN1CCOC1=O. The van der Waals surface area contributed by atoms with Gasteiger partial charge in [-0.25, -0.2) is 4.79 Å². The lowest BCUT2D eigenvalue weighted by Gasteiger charge is -2.16. The molecule has 0 aliphatic carbocycles. The van der Waals surface area contributed by atoms with E-state index in [0.29, 0.717) is 12.5 Å². The third kappa shape index (κ3) is 2.29. The van der Waals surface area contributed by atoms with Gasteiger partial charge in [0.25, 0.3) is 0 Å². The van der Waals surface area contributed by atoms with E-state index >= 15 is 0 Å². The van der Waals surface area contributed by atoms with E-state index in [1.54, 1.807) is 4.90 Å². The summed E-state index contributed by atoms with van der Waals surface area (Å²) in [5, 5.41) is 0. The van der Waals surface area contributed by atoms with Crippen molar-refractivity contribution in [1.29, 1.82) is 0 Å². The van der Waals surface area contributed by atoms with Gasteiger partial charge in [0.05, 0.1) is 6.54 Å². The Hall–Kier alpha value is -0.380. The van der Waals surface area contributed by atoms with Gasteiger partial charge in [-0.3, -0.25) is 0 Å². The minimum atomic E-state index is -0.182. The molecule has 64 valence electrons. The molecular weight excluding hydrogens is 162 g/mol. The molecule has 1 amide bonds. The van der Waals surface area contributed by atoms with Crippen molar-refractivity contribution in [1.82, 2.24) is 4.90 Å². The Balaban J connectivity index is 2.30. The van der Waals surface area contributed by atoms with Crippen LogP contribution >= 0.6 is 12.6 Å². The molecule has 0 saturated carbocycles. The second-order valence-electron chi connectivity index (χ2n) is 2.85. The first kappa shape index (κ1) is 8.71. The van der Waals surface area contributed by atoms with Crippen LogP contribution in [-0.4, -0.2) is 36.4 Å². The lowest BCUT2D eigenvalue weighted by molar-refractivity contribution is 0.156. The molecule has 0 radical (unpaired) electrons. The third-order valence-electron chi connectivity index (χ3n) is 1.69. The van der Waals surface area contributed by atoms with E-state index in [0.717, 1.165) is 18.8 Å². The van der Waals surface area contributed by atoms with Crippen molar-refractivity contribution in [3.05, 3.63) is 0 Å². The molecule has 11 heavy (non-hydrogen) atoms. The van der Waals surface area contributed by atoms with Gasteiger partial charge in [-0.2, -0.15) is 12.6 Å². The van der Waals surface area contributed by atoms with Crippen molar-refractivity contribution in [3.63, 3.8) is 0 Å². The molecule has 0 spiro atoms. The highest BCUT2D eigenvalue weighted by molar-refractivity contribution is 7.80. The third-order valence-corrected chi connectivity index (χ3v) is 2.31. The number of hydrogen-bond acceptors (Lipinski definition) is 3. The Morgan fingerprint density at radius 3 is 3.00 bits per heavy atom. The number of hydrogen-bond donors (Lipinski definition) is 1. The minimum absolute atomic E-state index is 0.182. The maximum absolute atomic E-state index is 10.9. The molecule has 1 aliphatic heterocycles. The second-order valence-corrected chi connectivity index (χ2v) is 3.21. The minimum Gasteiger partial charge on any atom is -0.448 e. The zero-order valence-corrected chi connectivity index (χ0v) is 7.51. The lowest BCUT2D eigenvalue weighted by atomic mass is 10.2. The summed E-state index contributed by atoms with van der Waals surface area (Å²) in [6.07, 6.45) is -0.182. The van der Waals surface area contributed by atoms with Gasteiger partial charge in [-0.05, 0) is 11.7 Å². The topological polar surface area (TPSA) is 29.5 Å². The molecule has 0 aromatic carbocycles. The quantitative estimate of drug-likeness (QED) is 0.649. The van der Waals surface area contributed by atoms with Crippen LogP contribution in [0.3, 0.4) is 0 Å². The second kappa shape index (κ2) is 3.85. The molecule has 3 nitrogen and oxygen atoms in total. The van der Waals surface area contributed by atoms with Crippen LogP contribution in [0.5, 0.6) is 0 Å². The molecule has 0 aromatic rings. The van der Waals surface area contributed by atoms with Gasteiger partial charge in [0.2, 0.25) is 0 Å². The number of amides is 1. The molecule has 1 atom stereocenters. The monoisotopic (exact) mass is 175 g/mol. The van der Waals surface area contributed by atoms with Crippen molar-refractivity contribution < 1.29 is 9.53 Å². The molecule has 1 rings (SSSR count). The fraction of sp³-hybridized carbons (Fsp3) is 0.857. The molecule has 0 aromatic heterocycles. The number of rotatable bonds is 3. The molecule has 1 unspecified atom stereocenters. The first-order valence-electron chi connectivity index (χ1n) is 3.76. The van der Waals surface area contributed by atoms with Crippen molar-refractivity contribution >= 4 is 18.7 Å². The van der Waals surface area contributed by atoms with Crippen LogP contribution in [-0.2, 0) is 4.74 Å². The van der Waals surface area contributed by atoms with Crippen LogP contribution in [0.15, 0.2) is 0 Å². The van der Waals surface area contributed by atoms with Crippen molar-refractivity contribution in [2.75, 3.05) is 25.4 Å². The number of nitrogens with zero attached hydrogens (tertiary/aromatic N) is 1. The summed E-state index contributed by atoms with van der Waals surface area (Å²) in [5.74, 6) is 1.26. The molecule has 4 heteroatoms. The molecule has 1 heterocycles. The Morgan fingerprint density at radius 2 is 2.55 bits per heavy atom. The summed E-state index contributed by atoms with van der Waals surface area (Å²) in [6, 6.07) is 0.